The fraction of sp³-hybridized carbons (Fsp3) is 0. The molecule has 0 unspecified atom stereocenters. The van der Waals surface area contributed by atoms with Crippen LogP contribution in [0.1, 0.15) is 0 Å². The van der Waals surface area contributed by atoms with Crippen molar-refractivity contribution in [3.63, 3.8) is 0 Å². The third-order valence-electron chi connectivity index (χ3n) is 0.556. The second kappa shape index (κ2) is 6.35. The van der Waals surface area contributed by atoms with E-state index in [1.807, 2.05) is 30.3 Å². The Labute approximate surface area is 64.5 Å². The molecule has 0 aliphatic heterocycles. The first-order valence-corrected chi connectivity index (χ1v) is 1.67. The zero-order valence-corrected chi connectivity index (χ0v) is 6.47. The maximum Gasteiger partial charge on any atom is 0 e. The molecule has 0 spiro atoms. The van der Waals surface area contributed by atoms with Crippen molar-refractivity contribution in [1.29, 1.82) is 0 Å². The van der Waals surface area contributed by atoms with Crippen LogP contribution in [0.25, 0.3) is 0 Å². The molecule has 1 aromatic rings. The second-order valence-electron chi connectivity index (χ2n) is 0.962. The van der Waals surface area contributed by atoms with Crippen molar-refractivity contribution in [3.8, 4) is 0 Å². The summed E-state index contributed by atoms with van der Waals surface area (Å²) >= 11 is 0. The largest absolute Gasteiger partial charge is 0.214 e. The minimum atomic E-state index is 0. The van der Waals surface area contributed by atoms with Gasteiger partial charge in [-0.15, -0.1) is 17.0 Å². The van der Waals surface area contributed by atoms with E-state index in [4.69, 9.17) is 0 Å². The maximum absolute atomic E-state index is 2.00. The number of rotatable bonds is 0. The van der Waals surface area contributed by atoms with Crippen molar-refractivity contribution in [2.24, 2.45) is 0 Å². The Morgan fingerprint density at radius 2 is 1.43 bits per heavy atom. The van der Waals surface area contributed by atoms with Gasteiger partial charge in [-0.05, 0) is 0 Å². The summed E-state index contributed by atoms with van der Waals surface area (Å²) in [6.07, 6.45) is 0. The van der Waals surface area contributed by atoms with E-state index in [1.54, 1.807) is 0 Å². The molecule has 0 bridgehead atoms. The average Bonchev–Trinajstić information content (AvgIpc) is 1.76. The van der Waals surface area contributed by atoms with Crippen LogP contribution in [0.4, 0.5) is 0 Å². The summed E-state index contributed by atoms with van der Waals surface area (Å²) in [5, 5.41) is 0. The van der Waals surface area contributed by atoms with Crippen molar-refractivity contribution in [2.75, 3.05) is 0 Å². The Hall–Kier alpha value is 0.349. The van der Waals surface area contributed by atoms with Gasteiger partial charge in [0.05, 0.1) is 0 Å². The predicted molar refractivity (Wildman–Crippen MR) is 32.4 cm³/mol. The molecule has 1 rings (SSSR count). The van der Waals surface area contributed by atoms with Crippen molar-refractivity contribution in [2.45, 2.75) is 0 Å². The van der Waals surface area contributed by atoms with Crippen LogP contribution in [-0.2, 0) is 17.1 Å². The normalized spacial score (nSPS) is 5.71. The van der Waals surface area contributed by atoms with Gasteiger partial charge in [0.25, 0.3) is 0 Å². The topological polar surface area (TPSA) is 0 Å². The molecule has 1 aromatic carbocycles. The minimum Gasteiger partial charge on any atom is -0.214 e. The summed E-state index contributed by atoms with van der Waals surface area (Å²) in [6.45, 7) is 0. The van der Waals surface area contributed by atoms with Crippen LogP contribution in [0.15, 0.2) is 30.3 Å². The van der Waals surface area contributed by atoms with E-state index in [2.05, 4.69) is 0 Å². The first-order valence-electron chi connectivity index (χ1n) is 1.67. The molecular formula is C5H6BrFe-. The Bertz CT molecular complexity index is 64.6. The third kappa shape index (κ3) is 4.20. The van der Waals surface area contributed by atoms with Crippen LogP contribution in [0.2, 0.25) is 0 Å². The standard InChI is InChI=1S/C5H5.BrH.Fe/c1-2-4-5-3-1;;/h1-5H;1H;/q-1;;. The van der Waals surface area contributed by atoms with Gasteiger partial charge in [-0.2, -0.15) is 18.2 Å². The Morgan fingerprint density at radius 3 is 1.57 bits per heavy atom. The molecule has 0 amide bonds. The van der Waals surface area contributed by atoms with E-state index in [0.29, 0.717) is 0 Å². The van der Waals surface area contributed by atoms with Gasteiger partial charge in [0.1, 0.15) is 0 Å². The van der Waals surface area contributed by atoms with E-state index in [-0.39, 0.29) is 34.1 Å². The van der Waals surface area contributed by atoms with Gasteiger partial charge in [0.15, 0.2) is 0 Å². The molecule has 0 nitrogen and oxygen atoms in total. The first kappa shape index (κ1) is 10.4. The minimum absolute atomic E-state index is 0. The molecule has 0 fully saturated rings. The SMILES string of the molecule is Br.[Fe].c1cc[cH-]c1. The molecule has 0 N–H and O–H groups in total. The van der Waals surface area contributed by atoms with Crippen LogP contribution in [0, 0.1) is 0 Å². The van der Waals surface area contributed by atoms with Gasteiger partial charge in [0.2, 0.25) is 0 Å². The number of hydrogen-bond donors (Lipinski definition) is 0. The van der Waals surface area contributed by atoms with Crippen LogP contribution < -0.4 is 0 Å². The van der Waals surface area contributed by atoms with Crippen LogP contribution in [0.5, 0.6) is 0 Å². The molecule has 0 heterocycles. The molecule has 42 valence electrons. The molecule has 2 heteroatoms. The number of hydrogen-bond acceptors (Lipinski definition) is 0. The van der Waals surface area contributed by atoms with E-state index in [0.717, 1.165) is 0 Å². The molecule has 0 aliphatic rings. The molecular weight excluding hydrogens is 196 g/mol. The van der Waals surface area contributed by atoms with E-state index in [1.165, 1.54) is 0 Å². The van der Waals surface area contributed by atoms with Gasteiger partial charge >= 0.3 is 0 Å². The Kier molecular flexibility index (Phi) is 9.39. The molecule has 0 radical (unpaired) electrons. The molecule has 7 heavy (non-hydrogen) atoms. The molecule has 0 atom stereocenters. The molecule has 0 saturated heterocycles. The van der Waals surface area contributed by atoms with E-state index >= 15 is 0 Å². The zero-order chi connectivity index (χ0) is 3.54. The number of halogens is 1. The van der Waals surface area contributed by atoms with Crippen LogP contribution in [-0.4, -0.2) is 0 Å². The first-order chi connectivity index (χ1) is 2.50. The molecule has 0 saturated carbocycles. The van der Waals surface area contributed by atoms with Gasteiger partial charge in [-0.1, -0.05) is 0 Å². The second-order valence-corrected chi connectivity index (χ2v) is 0.962. The average molecular weight is 202 g/mol. The zero-order valence-electron chi connectivity index (χ0n) is 3.65. The summed E-state index contributed by atoms with van der Waals surface area (Å²) in [5.41, 5.74) is 0. The quantitative estimate of drug-likeness (QED) is 0.445. The summed E-state index contributed by atoms with van der Waals surface area (Å²) in [5.74, 6) is 0. The summed E-state index contributed by atoms with van der Waals surface area (Å²) in [4.78, 5) is 0. The summed E-state index contributed by atoms with van der Waals surface area (Å²) in [7, 11) is 0. The van der Waals surface area contributed by atoms with Gasteiger partial charge < -0.3 is 0 Å². The fourth-order valence-electron chi connectivity index (χ4n) is 0.321. The van der Waals surface area contributed by atoms with Crippen LogP contribution >= 0.6 is 17.0 Å². The van der Waals surface area contributed by atoms with Crippen molar-refractivity contribution >= 4 is 17.0 Å². The smallest absolute Gasteiger partial charge is 0 e. The third-order valence-corrected chi connectivity index (χ3v) is 0.556. The summed E-state index contributed by atoms with van der Waals surface area (Å²) in [6, 6.07) is 10.0. The maximum atomic E-state index is 2.00. The van der Waals surface area contributed by atoms with Crippen molar-refractivity contribution in [3.05, 3.63) is 30.3 Å². The summed E-state index contributed by atoms with van der Waals surface area (Å²) < 4.78 is 0. The molecule has 0 aromatic heterocycles. The molecule has 0 aliphatic carbocycles. The monoisotopic (exact) mass is 201 g/mol. The van der Waals surface area contributed by atoms with Gasteiger partial charge in [-0.3, -0.25) is 0 Å². The van der Waals surface area contributed by atoms with E-state index < -0.39 is 0 Å². The van der Waals surface area contributed by atoms with Gasteiger partial charge in [-0.25, -0.2) is 12.1 Å². The van der Waals surface area contributed by atoms with Crippen molar-refractivity contribution in [1.82, 2.24) is 0 Å². The van der Waals surface area contributed by atoms with Crippen LogP contribution in [0.3, 0.4) is 0 Å². The fourth-order valence-corrected chi connectivity index (χ4v) is 0.321. The van der Waals surface area contributed by atoms with E-state index in [9.17, 15) is 0 Å². The Balaban J connectivity index is 0. The Morgan fingerprint density at radius 1 is 1.00 bits per heavy atom. The predicted octanol–water partition coefficient (Wildman–Crippen LogP) is 1.98. The van der Waals surface area contributed by atoms with Crippen molar-refractivity contribution < 1.29 is 17.1 Å². The van der Waals surface area contributed by atoms with Gasteiger partial charge in [0, 0.05) is 17.1 Å².